The molecule has 3 rings (SSSR count). The maximum absolute atomic E-state index is 12.3. The maximum atomic E-state index is 12.3. The fourth-order valence-electron chi connectivity index (χ4n) is 2.45. The molecule has 0 bridgehead atoms. The van der Waals surface area contributed by atoms with Crippen LogP contribution in [0.5, 0.6) is 0 Å². The minimum absolute atomic E-state index is 0.0229. The number of hydrogen-bond acceptors (Lipinski definition) is 1. The van der Waals surface area contributed by atoms with Crippen molar-refractivity contribution in [3.8, 4) is 0 Å². The summed E-state index contributed by atoms with van der Waals surface area (Å²) in [5.41, 5.74) is 1.74. The van der Waals surface area contributed by atoms with Crippen LogP contribution in [-0.2, 0) is 0 Å². The van der Waals surface area contributed by atoms with Gasteiger partial charge < -0.3 is 0 Å². The van der Waals surface area contributed by atoms with E-state index in [4.69, 9.17) is 0 Å². The number of hydrogen-bond donors (Lipinski definition) is 0. The van der Waals surface area contributed by atoms with Crippen molar-refractivity contribution >= 4 is 41.8 Å². The van der Waals surface area contributed by atoms with Gasteiger partial charge in [-0.3, -0.25) is 4.79 Å². The first-order valence-electron chi connectivity index (χ1n) is 7.49. The highest BCUT2D eigenvalue weighted by Crippen LogP contribution is 2.17. The largest absolute Gasteiger partial charge is 0.289 e. The zero-order valence-corrected chi connectivity index (χ0v) is 14.0. The third-order valence-corrected chi connectivity index (χ3v) is 4.97. The summed E-state index contributed by atoms with van der Waals surface area (Å²) in [5, 5.41) is 3.49. The van der Waals surface area contributed by atoms with Gasteiger partial charge in [-0.15, -0.1) is 0 Å². The Morgan fingerprint density at radius 3 is 2.35 bits per heavy atom. The van der Waals surface area contributed by atoms with Gasteiger partial charge in [0, 0.05) is 5.56 Å². The molecule has 3 aromatic carbocycles. The quantitative estimate of drug-likeness (QED) is 0.380. The molecule has 1 unspecified atom stereocenters. The lowest BCUT2D eigenvalue weighted by molar-refractivity contribution is 0.104. The predicted octanol–water partition coefficient (Wildman–Crippen LogP) is 4.90. The highest BCUT2D eigenvalue weighted by Gasteiger charge is 2.04. The predicted molar refractivity (Wildman–Crippen MR) is 103 cm³/mol. The maximum Gasteiger partial charge on any atom is 0.185 e. The summed E-state index contributed by atoms with van der Waals surface area (Å²) in [7, 11) is -0.324. The van der Waals surface area contributed by atoms with Crippen LogP contribution in [0.3, 0.4) is 0 Å². The average Bonchev–Trinajstić information content (AvgIpc) is 2.59. The molecule has 0 spiro atoms. The van der Waals surface area contributed by atoms with E-state index >= 15 is 0 Å². The van der Waals surface area contributed by atoms with E-state index in [1.165, 1.54) is 5.30 Å². The number of rotatable bonds is 4. The summed E-state index contributed by atoms with van der Waals surface area (Å²) in [6.45, 7) is 2.13. The molecule has 0 aromatic heterocycles. The molecule has 2 heteroatoms. The van der Waals surface area contributed by atoms with E-state index in [9.17, 15) is 4.79 Å². The van der Waals surface area contributed by atoms with Crippen LogP contribution in [0.15, 0.2) is 72.8 Å². The Bertz CT molecular complexity index is 905. The third-order valence-electron chi connectivity index (χ3n) is 3.80. The van der Waals surface area contributed by atoms with Crippen molar-refractivity contribution in [1.29, 1.82) is 0 Å². The summed E-state index contributed by atoms with van der Waals surface area (Å²) in [4.78, 5) is 12.3. The Kier molecular flexibility index (Phi) is 4.50. The lowest BCUT2D eigenvalue weighted by Crippen LogP contribution is -1.95. The molecule has 0 amide bonds. The Labute approximate surface area is 137 Å². The summed E-state index contributed by atoms with van der Waals surface area (Å²) in [6.07, 6.45) is 7.57. The van der Waals surface area contributed by atoms with E-state index in [1.807, 2.05) is 60.7 Å². The number of fused-ring (bicyclic) bond motifs is 1. The van der Waals surface area contributed by atoms with Crippen molar-refractivity contribution in [2.75, 3.05) is 6.66 Å². The molecular formula is C21H18OP+. The molecular weight excluding hydrogens is 299 g/mol. The summed E-state index contributed by atoms with van der Waals surface area (Å²) in [6, 6.07) is 22.1. The fourth-order valence-corrected chi connectivity index (χ4v) is 3.11. The number of carbonyl (C=O) groups is 1. The highest BCUT2D eigenvalue weighted by atomic mass is 31.1. The van der Waals surface area contributed by atoms with Crippen LogP contribution in [-0.4, -0.2) is 18.7 Å². The standard InChI is InChI=1S/C21H18OP/c1-23(2)20-12-7-16(8-13-20)9-14-21(22)19-11-10-17-5-3-4-6-18(17)15-19/h3-15H,1H2,2H3/q+1. The molecule has 3 aromatic rings. The zero-order chi connectivity index (χ0) is 16.2. The number of benzene rings is 3. The van der Waals surface area contributed by atoms with Crippen LogP contribution < -0.4 is 5.30 Å². The van der Waals surface area contributed by atoms with E-state index < -0.39 is 0 Å². The van der Waals surface area contributed by atoms with Crippen LogP contribution in [0.1, 0.15) is 15.9 Å². The summed E-state index contributed by atoms with van der Waals surface area (Å²) in [5.74, 6) is 0.0229. The van der Waals surface area contributed by atoms with Gasteiger partial charge in [0.25, 0.3) is 0 Å². The van der Waals surface area contributed by atoms with Gasteiger partial charge in [-0.05, 0) is 40.6 Å². The van der Waals surface area contributed by atoms with Crippen molar-refractivity contribution < 1.29 is 4.79 Å². The minimum atomic E-state index is -0.324. The van der Waals surface area contributed by atoms with Crippen molar-refractivity contribution in [3.63, 3.8) is 0 Å². The van der Waals surface area contributed by atoms with Gasteiger partial charge in [0.2, 0.25) is 0 Å². The normalized spacial score (nSPS) is 11.8. The van der Waals surface area contributed by atoms with E-state index in [0.717, 1.165) is 16.3 Å². The SMILES string of the molecule is C=[P+](C)c1ccc(C=CC(=O)c2ccc3ccccc3c2)cc1. The summed E-state index contributed by atoms with van der Waals surface area (Å²) < 4.78 is 0. The molecule has 0 aliphatic rings. The average molecular weight is 317 g/mol. The number of allylic oxidation sites excluding steroid dienone is 1. The van der Waals surface area contributed by atoms with E-state index in [-0.39, 0.29) is 13.3 Å². The topological polar surface area (TPSA) is 17.1 Å². The monoisotopic (exact) mass is 317 g/mol. The molecule has 0 radical (unpaired) electrons. The number of carbonyl (C=O) groups excluding carboxylic acids is 1. The molecule has 1 atom stereocenters. The highest BCUT2D eigenvalue weighted by molar-refractivity contribution is 7.62. The summed E-state index contributed by atoms with van der Waals surface area (Å²) >= 11 is 0. The van der Waals surface area contributed by atoms with Gasteiger partial charge in [-0.2, -0.15) is 0 Å². The molecule has 1 nitrogen and oxygen atoms in total. The van der Waals surface area contributed by atoms with Crippen LogP contribution in [0.4, 0.5) is 0 Å². The van der Waals surface area contributed by atoms with Crippen LogP contribution in [0, 0.1) is 0 Å². The molecule has 0 heterocycles. The molecule has 0 saturated carbocycles. The van der Waals surface area contributed by atoms with E-state index in [1.54, 1.807) is 6.08 Å². The van der Waals surface area contributed by atoms with Gasteiger partial charge in [0.15, 0.2) is 5.78 Å². The molecule has 23 heavy (non-hydrogen) atoms. The fraction of sp³-hybridized carbons (Fsp3) is 0.0476. The van der Waals surface area contributed by atoms with Crippen molar-refractivity contribution in [3.05, 3.63) is 83.9 Å². The van der Waals surface area contributed by atoms with Crippen molar-refractivity contribution in [2.45, 2.75) is 0 Å². The first-order chi connectivity index (χ1) is 11.1. The Hall–Kier alpha value is -2.50. The zero-order valence-electron chi connectivity index (χ0n) is 13.1. The van der Waals surface area contributed by atoms with E-state index in [0.29, 0.717) is 5.56 Å². The first kappa shape index (κ1) is 15.4. The second-order valence-corrected chi connectivity index (χ2v) is 7.46. The second kappa shape index (κ2) is 6.73. The van der Waals surface area contributed by atoms with Gasteiger partial charge in [-0.1, -0.05) is 54.6 Å². The van der Waals surface area contributed by atoms with Crippen LogP contribution in [0.25, 0.3) is 16.8 Å². The van der Waals surface area contributed by atoms with Gasteiger partial charge in [0.1, 0.15) is 19.5 Å². The molecule has 0 fully saturated rings. The van der Waals surface area contributed by atoms with Crippen molar-refractivity contribution in [2.24, 2.45) is 0 Å². The first-order valence-corrected chi connectivity index (χ1v) is 9.46. The van der Waals surface area contributed by atoms with E-state index in [2.05, 4.69) is 25.1 Å². The number of ketones is 1. The smallest absolute Gasteiger partial charge is 0.185 e. The second-order valence-electron chi connectivity index (χ2n) is 5.55. The van der Waals surface area contributed by atoms with Gasteiger partial charge >= 0.3 is 0 Å². The van der Waals surface area contributed by atoms with Crippen LogP contribution >= 0.6 is 7.55 Å². The molecule has 0 saturated heterocycles. The molecule has 0 N–H and O–H groups in total. The lowest BCUT2D eigenvalue weighted by atomic mass is 10.0. The molecule has 0 aliphatic carbocycles. The van der Waals surface area contributed by atoms with Gasteiger partial charge in [0.05, 0.1) is 6.30 Å². The Balaban J connectivity index is 1.80. The third kappa shape index (κ3) is 3.64. The molecule has 112 valence electrons. The van der Waals surface area contributed by atoms with Crippen molar-refractivity contribution in [1.82, 2.24) is 0 Å². The Morgan fingerprint density at radius 2 is 1.65 bits per heavy atom. The minimum Gasteiger partial charge on any atom is -0.289 e. The lowest BCUT2D eigenvalue weighted by Gasteiger charge is -2.00. The molecule has 0 aliphatic heterocycles. The van der Waals surface area contributed by atoms with Gasteiger partial charge in [-0.25, -0.2) is 0 Å². The Morgan fingerprint density at radius 1 is 0.957 bits per heavy atom. The van der Waals surface area contributed by atoms with Crippen LogP contribution in [0.2, 0.25) is 0 Å².